The molecule has 0 spiro atoms. The molecule has 2 atom stereocenters. The lowest BCUT2D eigenvalue weighted by Crippen LogP contribution is -2.49. The number of carbonyl (C=O) groups excluding carboxylic acids is 1. The molecule has 5 heteroatoms. The lowest BCUT2D eigenvalue weighted by molar-refractivity contribution is -0.138. The van der Waals surface area contributed by atoms with E-state index in [1.54, 1.807) is 11.3 Å². The quantitative estimate of drug-likeness (QED) is 0.912. The predicted molar refractivity (Wildman–Crippen MR) is 71.8 cm³/mol. The van der Waals surface area contributed by atoms with Gasteiger partial charge in [0, 0.05) is 33.9 Å². The topological polar surface area (TPSA) is 46.3 Å². The molecule has 2 N–H and O–H groups in total. The minimum atomic E-state index is 0.0687. The fourth-order valence-electron chi connectivity index (χ4n) is 2.60. The summed E-state index contributed by atoms with van der Waals surface area (Å²) in [5.41, 5.74) is 7.43. The van der Waals surface area contributed by atoms with Gasteiger partial charge in [0.1, 0.15) is 0 Å². The second kappa shape index (κ2) is 4.37. The summed E-state index contributed by atoms with van der Waals surface area (Å²) in [7, 11) is 0. The second-order valence-corrected chi connectivity index (χ2v) is 6.45. The summed E-state index contributed by atoms with van der Waals surface area (Å²) < 4.78 is 1.09. The van der Waals surface area contributed by atoms with Gasteiger partial charge in [-0.15, -0.1) is 0 Å². The summed E-state index contributed by atoms with van der Waals surface area (Å²) in [5, 5.41) is 4.18. The van der Waals surface area contributed by atoms with Gasteiger partial charge < -0.3 is 10.6 Å². The van der Waals surface area contributed by atoms with Crippen molar-refractivity contribution in [1.29, 1.82) is 0 Å². The molecule has 2 unspecified atom stereocenters. The molecule has 0 aromatic carbocycles. The molecule has 92 valence electrons. The molecule has 1 amide bonds. The Hall–Kier alpha value is -0.390. The van der Waals surface area contributed by atoms with Crippen LogP contribution in [0, 0.1) is 0 Å². The number of piperidine rings is 1. The molecule has 1 saturated carbocycles. The Labute approximate surface area is 113 Å². The Balaban J connectivity index is 1.97. The van der Waals surface area contributed by atoms with Crippen LogP contribution < -0.4 is 5.73 Å². The predicted octanol–water partition coefficient (Wildman–Crippen LogP) is 2.66. The van der Waals surface area contributed by atoms with Crippen LogP contribution in [0.2, 0.25) is 0 Å². The average molecular weight is 315 g/mol. The van der Waals surface area contributed by atoms with Crippen LogP contribution in [0.3, 0.4) is 0 Å². The molecular formula is C12H15BrN2OS. The molecule has 0 radical (unpaired) electrons. The standard InChI is InChI=1S/C12H15BrN2OS/c13-9-6-17-5-8(9)12-10(14)3-4-11(16)15(12)7-1-2-7/h5-7,10,12H,1-4,14H2. The molecule has 0 bridgehead atoms. The zero-order valence-corrected chi connectivity index (χ0v) is 11.8. The van der Waals surface area contributed by atoms with E-state index < -0.39 is 0 Å². The SMILES string of the molecule is NC1CCC(=O)N(C2CC2)C1c1cscc1Br. The van der Waals surface area contributed by atoms with Gasteiger partial charge in [0.2, 0.25) is 5.91 Å². The number of hydrogen-bond acceptors (Lipinski definition) is 3. The van der Waals surface area contributed by atoms with Gasteiger partial charge in [-0.3, -0.25) is 4.79 Å². The van der Waals surface area contributed by atoms with Gasteiger partial charge in [-0.1, -0.05) is 0 Å². The van der Waals surface area contributed by atoms with Crippen molar-refractivity contribution in [3.8, 4) is 0 Å². The van der Waals surface area contributed by atoms with E-state index in [0.29, 0.717) is 12.5 Å². The monoisotopic (exact) mass is 314 g/mol. The number of amides is 1. The first-order valence-electron chi connectivity index (χ1n) is 5.97. The highest BCUT2D eigenvalue weighted by atomic mass is 79.9. The molecule has 1 saturated heterocycles. The number of halogens is 1. The minimum Gasteiger partial charge on any atom is -0.331 e. The average Bonchev–Trinajstić information content (AvgIpc) is 3.05. The normalized spacial score (nSPS) is 29.8. The van der Waals surface area contributed by atoms with E-state index in [1.807, 2.05) is 4.90 Å². The molecule has 2 aliphatic rings. The summed E-state index contributed by atoms with van der Waals surface area (Å²) in [4.78, 5) is 14.1. The van der Waals surface area contributed by atoms with Gasteiger partial charge in [-0.05, 0) is 40.6 Å². The van der Waals surface area contributed by atoms with Crippen molar-refractivity contribution in [2.45, 2.75) is 43.8 Å². The lowest BCUT2D eigenvalue weighted by atomic mass is 9.92. The summed E-state index contributed by atoms with van der Waals surface area (Å²) in [5.74, 6) is 0.275. The van der Waals surface area contributed by atoms with E-state index in [2.05, 4.69) is 26.7 Å². The van der Waals surface area contributed by atoms with Gasteiger partial charge in [-0.2, -0.15) is 11.3 Å². The van der Waals surface area contributed by atoms with E-state index >= 15 is 0 Å². The maximum atomic E-state index is 12.1. The maximum absolute atomic E-state index is 12.1. The van der Waals surface area contributed by atoms with Crippen molar-refractivity contribution in [2.24, 2.45) is 5.73 Å². The van der Waals surface area contributed by atoms with E-state index in [0.717, 1.165) is 23.7 Å². The van der Waals surface area contributed by atoms with Gasteiger partial charge in [0.25, 0.3) is 0 Å². The molecule has 3 nitrogen and oxygen atoms in total. The lowest BCUT2D eigenvalue weighted by Gasteiger charge is -2.40. The Bertz CT molecular complexity index is 443. The fourth-order valence-corrected chi connectivity index (χ4v) is 4.17. The maximum Gasteiger partial charge on any atom is 0.223 e. The van der Waals surface area contributed by atoms with E-state index in [1.165, 1.54) is 5.56 Å². The van der Waals surface area contributed by atoms with Crippen molar-refractivity contribution < 1.29 is 4.79 Å². The van der Waals surface area contributed by atoms with Crippen molar-refractivity contribution >= 4 is 33.2 Å². The molecule has 2 fully saturated rings. The molecule has 3 rings (SSSR count). The van der Waals surface area contributed by atoms with Crippen molar-refractivity contribution in [3.63, 3.8) is 0 Å². The molecule has 17 heavy (non-hydrogen) atoms. The highest BCUT2D eigenvalue weighted by Crippen LogP contribution is 2.42. The number of nitrogens with zero attached hydrogens (tertiary/aromatic N) is 1. The van der Waals surface area contributed by atoms with Crippen LogP contribution >= 0.6 is 27.3 Å². The van der Waals surface area contributed by atoms with Crippen LogP contribution in [0.4, 0.5) is 0 Å². The number of hydrogen-bond donors (Lipinski definition) is 1. The zero-order chi connectivity index (χ0) is 12.0. The Morgan fingerprint density at radius 2 is 2.12 bits per heavy atom. The molecule has 2 heterocycles. The summed E-state index contributed by atoms with van der Waals surface area (Å²) in [6.45, 7) is 0. The number of rotatable bonds is 2. The Morgan fingerprint density at radius 1 is 1.35 bits per heavy atom. The summed E-state index contributed by atoms with van der Waals surface area (Å²) in [6.07, 6.45) is 3.68. The minimum absolute atomic E-state index is 0.0687. The summed E-state index contributed by atoms with van der Waals surface area (Å²) >= 11 is 5.22. The van der Waals surface area contributed by atoms with Crippen LogP contribution in [0.5, 0.6) is 0 Å². The number of nitrogens with two attached hydrogens (primary N) is 1. The molecular weight excluding hydrogens is 300 g/mol. The molecule has 1 aliphatic carbocycles. The highest BCUT2D eigenvalue weighted by molar-refractivity contribution is 9.10. The molecule has 1 aliphatic heterocycles. The second-order valence-electron chi connectivity index (χ2n) is 4.85. The Morgan fingerprint density at radius 3 is 2.71 bits per heavy atom. The van der Waals surface area contributed by atoms with E-state index in [-0.39, 0.29) is 18.0 Å². The van der Waals surface area contributed by atoms with Crippen LogP contribution in [-0.2, 0) is 4.79 Å². The third-order valence-corrected chi connectivity index (χ3v) is 5.34. The van der Waals surface area contributed by atoms with Crippen LogP contribution in [-0.4, -0.2) is 22.9 Å². The largest absolute Gasteiger partial charge is 0.331 e. The van der Waals surface area contributed by atoms with Crippen molar-refractivity contribution in [3.05, 3.63) is 20.8 Å². The number of thiophene rings is 1. The third kappa shape index (κ3) is 2.04. The first kappa shape index (κ1) is 11.7. The van der Waals surface area contributed by atoms with Crippen molar-refractivity contribution in [2.75, 3.05) is 0 Å². The smallest absolute Gasteiger partial charge is 0.223 e. The van der Waals surface area contributed by atoms with Crippen LogP contribution in [0.25, 0.3) is 0 Å². The fraction of sp³-hybridized carbons (Fsp3) is 0.583. The van der Waals surface area contributed by atoms with Crippen molar-refractivity contribution in [1.82, 2.24) is 4.90 Å². The van der Waals surface area contributed by atoms with Gasteiger partial charge in [0.15, 0.2) is 0 Å². The first-order chi connectivity index (χ1) is 8.18. The molecule has 1 aromatic rings. The van der Waals surface area contributed by atoms with Crippen LogP contribution in [0.15, 0.2) is 15.2 Å². The zero-order valence-electron chi connectivity index (χ0n) is 9.43. The third-order valence-electron chi connectivity index (χ3n) is 3.59. The van der Waals surface area contributed by atoms with Gasteiger partial charge >= 0.3 is 0 Å². The Kier molecular flexibility index (Phi) is 3.00. The van der Waals surface area contributed by atoms with Gasteiger partial charge in [0.05, 0.1) is 6.04 Å². The van der Waals surface area contributed by atoms with Gasteiger partial charge in [-0.25, -0.2) is 0 Å². The number of likely N-dealkylation sites (tertiary alicyclic amines) is 1. The first-order valence-corrected chi connectivity index (χ1v) is 7.70. The molecule has 1 aromatic heterocycles. The summed E-state index contributed by atoms with van der Waals surface area (Å²) in [6, 6.07) is 0.578. The highest BCUT2D eigenvalue weighted by Gasteiger charge is 2.43. The number of carbonyl (C=O) groups is 1. The van der Waals surface area contributed by atoms with E-state index in [4.69, 9.17) is 5.73 Å². The van der Waals surface area contributed by atoms with Crippen LogP contribution in [0.1, 0.15) is 37.3 Å². The van der Waals surface area contributed by atoms with E-state index in [9.17, 15) is 4.79 Å².